The zero-order chi connectivity index (χ0) is 10.7. The summed E-state index contributed by atoms with van der Waals surface area (Å²) in [7, 11) is 0. The van der Waals surface area contributed by atoms with Crippen LogP contribution in [0.2, 0.25) is 0 Å². The molecule has 0 saturated heterocycles. The van der Waals surface area contributed by atoms with E-state index in [9.17, 15) is 4.79 Å². The number of carbonyl (C=O) groups is 1. The van der Waals surface area contributed by atoms with Gasteiger partial charge in [0.05, 0.1) is 0 Å². The number of H-pyrrole nitrogens is 1. The van der Waals surface area contributed by atoms with E-state index in [1.54, 1.807) is 6.07 Å². The number of aromatic amines is 1. The van der Waals surface area contributed by atoms with E-state index < -0.39 is 0 Å². The molecule has 1 heterocycles. The standard InChI is InChI=1S/C10H9N3OS/c1-7-4-9(3-2-8(7)5-14)15-10-11-6-12-13-10/h2-6H,1H3,(H,11,12,13). The molecule has 0 saturated carbocycles. The van der Waals surface area contributed by atoms with Crippen LogP contribution in [0.25, 0.3) is 0 Å². The molecule has 1 aromatic heterocycles. The number of rotatable bonds is 3. The van der Waals surface area contributed by atoms with Crippen molar-refractivity contribution < 1.29 is 4.79 Å². The van der Waals surface area contributed by atoms with Gasteiger partial charge in [-0.15, -0.1) is 0 Å². The largest absolute Gasteiger partial charge is 0.298 e. The summed E-state index contributed by atoms with van der Waals surface area (Å²) in [6.07, 6.45) is 2.33. The Balaban J connectivity index is 2.23. The number of aryl methyl sites for hydroxylation is 1. The monoisotopic (exact) mass is 219 g/mol. The zero-order valence-electron chi connectivity index (χ0n) is 8.10. The lowest BCUT2D eigenvalue weighted by atomic mass is 10.1. The summed E-state index contributed by atoms with van der Waals surface area (Å²) < 4.78 is 0. The van der Waals surface area contributed by atoms with Gasteiger partial charge in [-0.2, -0.15) is 5.10 Å². The summed E-state index contributed by atoms with van der Waals surface area (Å²) in [5.41, 5.74) is 1.69. The second kappa shape index (κ2) is 4.27. The Morgan fingerprint density at radius 2 is 2.33 bits per heavy atom. The molecule has 76 valence electrons. The predicted molar refractivity (Wildman–Crippen MR) is 57.1 cm³/mol. The Morgan fingerprint density at radius 3 is 2.93 bits per heavy atom. The van der Waals surface area contributed by atoms with E-state index >= 15 is 0 Å². The molecule has 0 spiro atoms. The van der Waals surface area contributed by atoms with E-state index in [1.165, 1.54) is 18.1 Å². The van der Waals surface area contributed by atoms with Crippen LogP contribution >= 0.6 is 11.8 Å². The highest BCUT2D eigenvalue weighted by molar-refractivity contribution is 7.99. The van der Waals surface area contributed by atoms with Gasteiger partial charge in [-0.3, -0.25) is 9.89 Å². The predicted octanol–water partition coefficient (Wildman–Crippen LogP) is 2.08. The van der Waals surface area contributed by atoms with Crippen LogP contribution in [0.1, 0.15) is 15.9 Å². The number of nitrogens with zero attached hydrogens (tertiary/aromatic N) is 2. The van der Waals surface area contributed by atoms with Crippen molar-refractivity contribution in [3.8, 4) is 0 Å². The molecule has 0 bridgehead atoms. The van der Waals surface area contributed by atoms with Gasteiger partial charge in [0.25, 0.3) is 0 Å². The Kier molecular flexibility index (Phi) is 2.82. The fraction of sp³-hybridized carbons (Fsp3) is 0.100. The SMILES string of the molecule is Cc1cc(Sc2ncn[nH]2)ccc1C=O. The first-order valence-corrected chi connectivity index (χ1v) is 5.20. The van der Waals surface area contributed by atoms with E-state index in [0.29, 0.717) is 0 Å². The number of carbonyl (C=O) groups excluding carboxylic acids is 1. The van der Waals surface area contributed by atoms with E-state index in [-0.39, 0.29) is 0 Å². The molecule has 0 amide bonds. The molecule has 0 aliphatic carbocycles. The zero-order valence-corrected chi connectivity index (χ0v) is 8.91. The van der Waals surface area contributed by atoms with Gasteiger partial charge in [0, 0.05) is 10.5 Å². The first kappa shape index (κ1) is 9.92. The van der Waals surface area contributed by atoms with Crippen LogP contribution in [0.5, 0.6) is 0 Å². The smallest absolute Gasteiger partial charge is 0.188 e. The topological polar surface area (TPSA) is 58.6 Å². The molecule has 0 atom stereocenters. The van der Waals surface area contributed by atoms with Crippen molar-refractivity contribution in [3.63, 3.8) is 0 Å². The van der Waals surface area contributed by atoms with E-state index in [4.69, 9.17) is 0 Å². The van der Waals surface area contributed by atoms with Crippen LogP contribution < -0.4 is 0 Å². The Morgan fingerprint density at radius 1 is 1.47 bits per heavy atom. The maximum Gasteiger partial charge on any atom is 0.188 e. The van der Waals surface area contributed by atoms with Crippen molar-refractivity contribution in [2.75, 3.05) is 0 Å². The molecule has 0 aliphatic rings. The van der Waals surface area contributed by atoms with Crippen molar-refractivity contribution in [3.05, 3.63) is 35.7 Å². The van der Waals surface area contributed by atoms with Gasteiger partial charge in [-0.05, 0) is 24.6 Å². The number of nitrogens with one attached hydrogen (secondary N) is 1. The average molecular weight is 219 g/mol. The fourth-order valence-electron chi connectivity index (χ4n) is 1.20. The van der Waals surface area contributed by atoms with Crippen LogP contribution in [-0.4, -0.2) is 21.5 Å². The number of benzene rings is 1. The third-order valence-electron chi connectivity index (χ3n) is 1.98. The molecular formula is C10H9N3OS. The van der Waals surface area contributed by atoms with Gasteiger partial charge >= 0.3 is 0 Å². The van der Waals surface area contributed by atoms with Crippen molar-refractivity contribution in [1.82, 2.24) is 15.2 Å². The average Bonchev–Trinajstić information content (AvgIpc) is 2.71. The molecule has 4 nitrogen and oxygen atoms in total. The number of hydrogen-bond acceptors (Lipinski definition) is 4. The highest BCUT2D eigenvalue weighted by atomic mass is 32.2. The Bertz CT molecular complexity index is 468. The summed E-state index contributed by atoms with van der Waals surface area (Å²) in [6.45, 7) is 1.91. The van der Waals surface area contributed by atoms with Crippen molar-refractivity contribution in [2.45, 2.75) is 17.0 Å². The second-order valence-electron chi connectivity index (χ2n) is 3.03. The van der Waals surface area contributed by atoms with Gasteiger partial charge in [-0.25, -0.2) is 4.98 Å². The van der Waals surface area contributed by atoms with Crippen molar-refractivity contribution in [2.24, 2.45) is 0 Å². The molecule has 0 fully saturated rings. The highest BCUT2D eigenvalue weighted by Gasteiger charge is 2.02. The fourth-order valence-corrected chi connectivity index (χ4v) is 1.99. The Hall–Kier alpha value is -1.62. The van der Waals surface area contributed by atoms with Crippen molar-refractivity contribution >= 4 is 18.0 Å². The summed E-state index contributed by atoms with van der Waals surface area (Å²) in [5, 5.41) is 7.27. The molecular weight excluding hydrogens is 210 g/mol. The third kappa shape index (κ3) is 2.24. The minimum Gasteiger partial charge on any atom is -0.298 e. The van der Waals surface area contributed by atoms with Gasteiger partial charge in [-0.1, -0.05) is 17.8 Å². The van der Waals surface area contributed by atoms with Gasteiger partial charge in [0.1, 0.15) is 12.6 Å². The van der Waals surface area contributed by atoms with Crippen LogP contribution in [0.4, 0.5) is 0 Å². The van der Waals surface area contributed by atoms with Crippen LogP contribution in [0.15, 0.2) is 34.6 Å². The van der Waals surface area contributed by atoms with E-state index in [1.807, 2.05) is 19.1 Å². The van der Waals surface area contributed by atoms with Crippen LogP contribution in [0.3, 0.4) is 0 Å². The molecule has 1 aromatic carbocycles. The summed E-state index contributed by atoms with van der Waals surface area (Å²) in [4.78, 5) is 15.7. The van der Waals surface area contributed by atoms with Crippen LogP contribution in [-0.2, 0) is 0 Å². The first-order valence-electron chi connectivity index (χ1n) is 4.38. The molecule has 0 radical (unpaired) electrons. The second-order valence-corrected chi connectivity index (χ2v) is 4.09. The highest BCUT2D eigenvalue weighted by Crippen LogP contribution is 2.25. The molecule has 15 heavy (non-hydrogen) atoms. The first-order chi connectivity index (χ1) is 7.29. The minimum absolute atomic E-state index is 0.719. The lowest BCUT2D eigenvalue weighted by Crippen LogP contribution is -1.86. The number of aldehydes is 1. The molecule has 2 aromatic rings. The lowest BCUT2D eigenvalue weighted by Gasteiger charge is -2.01. The molecule has 1 N–H and O–H groups in total. The molecule has 5 heteroatoms. The maximum atomic E-state index is 10.6. The van der Waals surface area contributed by atoms with Crippen LogP contribution in [0, 0.1) is 6.92 Å². The normalized spacial score (nSPS) is 10.2. The maximum absolute atomic E-state index is 10.6. The Labute approximate surface area is 91.1 Å². The quantitative estimate of drug-likeness (QED) is 0.803. The molecule has 0 unspecified atom stereocenters. The van der Waals surface area contributed by atoms with Gasteiger partial charge in [0.15, 0.2) is 5.16 Å². The minimum atomic E-state index is 0.719. The molecule has 0 aliphatic heterocycles. The third-order valence-corrected chi connectivity index (χ3v) is 2.86. The number of hydrogen-bond donors (Lipinski definition) is 1. The van der Waals surface area contributed by atoms with E-state index in [0.717, 1.165) is 27.5 Å². The summed E-state index contributed by atoms with van der Waals surface area (Å²) in [6, 6.07) is 5.65. The van der Waals surface area contributed by atoms with E-state index in [2.05, 4.69) is 15.2 Å². The molecule has 2 rings (SSSR count). The van der Waals surface area contributed by atoms with Gasteiger partial charge in [0.2, 0.25) is 0 Å². The van der Waals surface area contributed by atoms with Gasteiger partial charge < -0.3 is 0 Å². The summed E-state index contributed by atoms with van der Waals surface area (Å²) in [5.74, 6) is 0. The lowest BCUT2D eigenvalue weighted by molar-refractivity contribution is 0.112. The van der Waals surface area contributed by atoms with Crippen molar-refractivity contribution in [1.29, 1.82) is 0 Å². The number of aromatic nitrogens is 3. The summed E-state index contributed by atoms with van der Waals surface area (Å²) >= 11 is 1.48.